The maximum absolute atomic E-state index is 12.2. The Morgan fingerprint density at radius 2 is 1.96 bits per heavy atom. The van der Waals surface area contributed by atoms with Crippen LogP contribution in [0.25, 0.3) is 6.08 Å². The quantitative estimate of drug-likeness (QED) is 0.602. The van der Waals surface area contributed by atoms with Crippen LogP contribution in [0.1, 0.15) is 22.8 Å². The average molecular weight is 359 g/mol. The van der Waals surface area contributed by atoms with Gasteiger partial charge in [-0.05, 0) is 30.7 Å². The number of hydrogen-bond acceptors (Lipinski definition) is 6. The second kappa shape index (κ2) is 8.70. The molecule has 0 unspecified atom stereocenters. The monoisotopic (exact) mass is 359 g/mol. The van der Waals surface area contributed by atoms with Crippen LogP contribution < -0.4 is 14.8 Å². The summed E-state index contributed by atoms with van der Waals surface area (Å²) in [7, 11) is 4.71. The van der Waals surface area contributed by atoms with E-state index >= 15 is 0 Å². The van der Waals surface area contributed by atoms with E-state index in [1.165, 1.54) is 24.1 Å². The van der Waals surface area contributed by atoms with E-state index in [2.05, 4.69) is 10.4 Å². The summed E-state index contributed by atoms with van der Waals surface area (Å²) < 4.78 is 16.8. The summed E-state index contributed by atoms with van der Waals surface area (Å²) in [5.41, 5.74) is 0.954. The van der Waals surface area contributed by atoms with Gasteiger partial charge < -0.3 is 19.5 Å². The van der Waals surface area contributed by atoms with E-state index < -0.39 is 11.9 Å². The summed E-state index contributed by atoms with van der Waals surface area (Å²) in [5, 5.41) is 6.62. The highest BCUT2D eigenvalue weighted by Crippen LogP contribution is 2.28. The predicted octanol–water partition coefficient (Wildman–Crippen LogP) is 2.27. The number of nitrogens with one attached hydrogen (secondary N) is 1. The fourth-order valence-electron chi connectivity index (χ4n) is 2.23. The largest absolute Gasteiger partial charge is 0.493 e. The smallest absolute Gasteiger partial charge is 0.343 e. The number of carbonyl (C=O) groups excluding carboxylic acids is 2. The second-order valence-corrected chi connectivity index (χ2v) is 5.19. The zero-order valence-corrected chi connectivity index (χ0v) is 15.1. The predicted molar refractivity (Wildman–Crippen MR) is 96.4 cm³/mol. The summed E-state index contributed by atoms with van der Waals surface area (Å²) in [4.78, 5) is 24.1. The Morgan fingerprint density at radius 1 is 1.23 bits per heavy atom. The van der Waals surface area contributed by atoms with Crippen molar-refractivity contribution in [1.82, 2.24) is 9.78 Å². The van der Waals surface area contributed by atoms with E-state index in [4.69, 9.17) is 14.2 Å². The molecular formula is C18H21N3O5. The zero-order chi connectivity index (χ0) is 19.1. The molecule has 0 radical (unpaired) electrons. The molecular weight excluding hydrogens is 338 g/mol. The lowest BCUT2D eigenvalue weighted by Gasteiger charge is -2.08. The molecule has 0 aliphatic heterocycles. The number of amides is 1. The first-order valence-electron chi connectivity index (χ1n) is 7.90. The highest BCUT2D eigenvalue weighted by Gasteiger charge is 2.18. The van der Waals surface area contributed by atoms with Crippen LogP contribution in [0.15, 0.2) is 30.5 Å². The number of rotatable bonds is 7. The third kappa shape index (κ3) is 4.41. The van der Waals surface area contributed by atoms with Gasteiger partial charge in [-0.15, -0.1) is 0 Å². The number of carbonyl (C=O) groups is 2. The molecule has 1 aromatic carbocycles. The van der Waals surface area contributed by atoms with Crippen molar-refractivity contribution < 1.29 is 23.8 Å². The van der Waals surface area contributed by atoms with Gasteiger partial charge in [-0.2, -0.15) is 5.10 Å². The third-order valence-electron chi connectivity index (χ3n) is 3.51. The molecule has 0 atom stereocenters. The molecule has 8 heteroatoms. The van der Waals surface area contributed by atoms with E-state index in [1.54, 1.807) is 45.4 Å². The molecule has 0 spiro atoms. The van der Waals surface area contributed by atoms with Gasteiger partial charge in [0.1, 0.15) is 11.4 Å². The molecule has 138 valence electrons. The van der Waals surface area contributed by atoms with Crippen LogP contribution in [0.2, 0.25) is 0 Å². The summed E-state index contributed by atoms with van der Waals surface area (Å²) in [5.74, 6) is 0.480. The maximum atomic E-state index is 12.2. The number of hydrogen-bond donors (Lipinski definition) is 1. The summed E-state index contributed by atoms with van der Waals surface area (Å²) in [6.07, 6.45) is 4.33. The molecule has 8 nitrogen and oxygen atoms in total. The lowest BCUT2D eigenvalue weighted by molar-refractivity contribution is -0.111. The molecule has 0 saturated heterocycles. The first-order valence-corrected chi connectivity index (χ1v) is 7.90. The van der Waals surface area contributed by atoms with E-state index in [0.717, 1.165) is 5.56 Å². The van der Waals surface area contributed by atoms with Crippen molar-refractivity contribution in [3.63, 3.8) is 0 Å². The van der Waals surface area contributed by atoms with Crippen LogP contribution >= 0.6 is 0 Å². The van der Waals surface area contributed by atoms with Crippen molar-refractivity contribution in [3.8, 4) is 11.5 Å². The Kier molecular flexibility index (Phi) is 6.37. The van der Waals surface area contributed by atoms with Crippen LogP contribution in [0, 0.1) is 0 Å². The number of benzene rings is 1. The fraction of sp³-hybridized carbons (Fsp3) is 0.278. The molecule has 26 heavy (non-hydrogen) atoms. The van der Waals surface area contributed by atoms with Gasteiger partial charge in [0.25, 0.3) is 0 Å². The molecule has 1 N–H and O–H groups in total. The van der Waals surface area contributed by atoms with Gasteiger partial charge in [0, 0.05) is 13.1 Å². The standard InChI is InChI=1S/C18H21N3O5/c1-5-26-18(23)13-11-19-21(2)17(13)20-16(22)9-7-12-6-8-14(24-3)15(10-12)25-4/h6-11H,5H2,1-4H3,(H,20,22)/b9-7+. The molecule has 1 amide bonds. The van der Waals surface area contributed by atoms with E-state index in [0.29, 0.717) is 11.5 Å². The molecule has 1 aromatic heterocycles. The van der Waals surface area contributed by atoms with Crippen molar-refractivity contribution in [2.45, 2.75) is 6.92 Å². The van der Waals surface area contributed by atoms with Gasteiger partial charge in [-0.3, -0.25) is 9.48 Å². The van der Waals surface area contributed by atoms with Crippen molar-refractivity contribution in [1.29, 1.82) is 0 Å². The Morgan fingerprint density at radius 3 is 2.62 bits per heavy atom. The maximum Gasteiger partial charge on any atom is 0.343 e. The molecule has 1 heterocycles. The lowest BCUT2D eigenvalue weighted by atomic mass is 10.2. The first kappa shape index (κ1) is 19.0. The summed E-state index contributed by atoms with van der Waals surface area (Å²) in [6, 6.07) is 5.28. The van der Waals surface area contributed by atoms with Crippen LogP contribution in [0.4, 0.5) is 5.82 Å². The fourth-order valence-corrected chi connectivity index (χ4v) is 2.23. The van der Waals surface area contributed by atoms with Gasteiger partial charge in [0.15, 0.2) is 11.5 Å². The third-order valence-corrected chi connectivity index (χ3v) is 3.51. The van der Waals surface area contributed by atoms with Gasteiger partial charge in [-0.1, -0.05) is 6.07 Å². The number of aromatic nitrogens is 2. The zero-order valence-electron chi connectivity index (χ0n) is 15.1. The number of esters is 1. The normalized spacial score (nSPS) is 10.6. The van der Waals surface area contributed by atoms with Crippen LogP contribution in [-0.2, 0) is 16.6 Å². The Labute approximate surface area is 151 Å². The van der Waals surface area contributed by atoms with Gasteiger partial charge >= 0.3 is 5.97 Å². The van der Waals surface area contributed by atoms with E-state index in [9.17, 15) is 9.59 Å². The van der Waals surface area contributed by atoms with E-state index in [1.807, 2.05) is 0 Å². The second-order valence-electron chi connectivity index (χ2n) is 5.19. The summed E-state index contributed by atoms with van der Waals surface area (Å²) in [6.45, 7) is 1.94. The molecule has 2 rings (SSSR count). The van der Waals surface area contributed by atoms with Gasteiger partial charge in [0.05, 0.1) is 27.0 Å². The molecule has 0 aliphatic carbocycles. The highest BCUT2D eigenvalue weighted by molar-refractivity contribution is 6.05. The Balaban J connectivity index is 2.13. The minimum atomic E-state index is -0.542. The average Bonchev–Trinajstić information content (AvgIpc) is 3.00. The van der Waals surface area contributed by atoms with Gasteiger partial charge in [-0.25, -0.2) is 4.79 Å². The number of aryl methyl sites for hydroxylation is 1. The van der Waals surface area contributed by atoms with E-state index in [-0.39, 0.29) is 18.0 Å². The summed E-state index contributed by atoms with van der Waals surface area (Å²) >= 11 is 0. The number of methoxy groups -OCH3 is 2. The molecule has 0 aliphatic rings. The van der Waals surface area contributed by atoms with Crippen molar-refractivity contribution in [3.05, 3.63) is 41.6 Å². The van der Waals surface area contributed by atoms with Crippen LogP contribution in [0.5, 0.6) is 11.5 Å². The van der Waals surface area contributed by atoms with Crippen molar-refractivity contribution in [2.75, 3.05) is 26.1 Å². The number of anilines is 1. The number of ether oxygens (including phenoxy) is 3. The highest BCUT2D eigenvalue weighted by atomic mass is 16.5. The topological polar surface area (TPSA) is 91.7 Å². The van der Waals surface area contributed by atoms with Crippen molar-refractivity contribution in [2.24, 2.45) is 7.05 Å². The first-order chi connectivity index (χ1) is 12.5. The Bertz CT molecular complexity index is 826. The SMILES string of the molecule is CCOC(=O)c1cnn(C)c1NC(=O)/C=C/c1ccc(OC)c(OC)c1. The van der Waals surface area contributed by atoms with Gasteiger partial charge in [0.2, 0.25) is 5.91 Å². The lowest BCUT2D eigenvalue weighted by Crippen LogP contribution is -2.15. The van der Waals surface area contributed by atoms with Crippen molar-refractivity contribution >= 4 is 23.8 Å². The Hall–Kier alpha value is -3.29. The van der Waals surface area contributed by atoms with Crippen LogP contribution in [0.3, 0.4) is 0 Å². The molecule has 2 aromatic rings. The minimum absolute atomic E-state index is 0.196. The molecule has 0 saturated carbocycles. The molecule has 0 fully saturated rings. The minimum Gasteiger partial charge on any atom is -0.493 e. The molecule has 0 bridgehead atoms. The van der Waals surface area contributed by atoms with Crippen LogP contribution in [-0.4, -0.2) is 42.5 Å². The number of nitrogens with zero attached hydrogens (tertiary/aromatic N) is 2.